The van der Waals surface area contributed by atoms with Crippen LogP contribution in [0.15, 0.2) is 6.07 Å². The molecule has 0 saturated heterocycles. The van der Waals surface area contributed by atoms with Crippen LogP contribution in [0, 0.1) is 16.1 Å². The van der Waals surface area contributed by atoms with E-state index in [-0.39, 0.29) is 6.07 Å². The molecule has 0 atom stereocenters. The Labute approximate surface area is 89.0 Å². The van der Waals surface area contributed by atoms with Crippen LogP contribution >= 0.6 is 0 Å². The average Bonchev–Trinajstić information content (AvgIpc) is 2.14. The van der Waals surface area contributed by atoms with E-state index < -0.39 is 40.4 Å². The van der Waals surface area contributed by atoms with Crippen LogP contribution < -0.4 is 0 Å². The van der Waals surface area contributed by atoms with Gasteiger partial charge in [0.1, 0.15) is 5.56 Å². The predicted molar refractivity (Wildman–Crippen MR) is 40.8 cm³/mol. The van der Waals surface area contributed by atoms with Crippen LogP contribution in [0.25, 0.3) is 0 Å². The monoisotopic (exact) mass is 260 g/mol. The third-order valence-corrected chi connectivity index (χ3v) is 1.69. The van der Waals surface area contributed by atoms with Gasteiger partial charge < -0.3 is 0 Å². The van der Waals surface area contributed by atoms with Crippen molar-refractivity contribution in [3.8, 4) is 0 Å². The van der Waals surface area contributed by atoms with Crippen LogP contribution in [0.1, 0.15) is 17.7 Å². The van der Waals surface area contributed by atoms with Crippen molar-refractivity contribution in [1.29, 1.82) is 0 Å². The van der Waals surface area contributed by atoms with Crippen molar-refractivity contribution in [2.45, 2.75) is 12.6 Å². The molecule has 4 nitrogen and oxygen atoms in total. The zero-order valence-corrected chi connectivity index (χ0v) is 7.63. The Balaban J connectivity index is 3.51. The summed E-state index contributed by atoms with van der Waals surface area (Å²) in [6, 6.07) is -0.302. The molecule has 0 aliphatic carbocycles. The summed E-state index contributed by atoms with van der Waals surface area (Å²) < 4.78 is 73.5. The van der Waals surface area contributed by atoms with Crippen LogP contribution in [0.2, 0.25) is 0 Å². The first-order valence-electron chi connectivity index (χ1n) is 3.84. The van der Waals surface area contributed by atoms with Crippen LogP contribution in [0.5, 0.6) is 0 Å². The number of aromatic nitrogens is 1. The summed E-state index contributed by atoms with van der Waals surface area (Å²) in [5.41, 5.74) is -5.28. The van der Waals surface area contributed by atoms with E-state index >= 15 is 0 Å². The Morgan fingerprint density at radius 2 is 1.88 bits per heavy atom. The molecule has 1 heterocycles. The molecule has 0 spiro atoms. The highest BCUT2D eigenvalue weighted by atomic mass is 19.4. The maximum absolute atomic E-state index is 12.8. The number of nitro groups is 1. The molecule has 0 unspecified atom stereocenters. The molecule has 0 N–H and O–H groups in total. The lowest BCUT2D eigenvalue weighted by Crippen LogP contribution is -2.13. The van der Waals surface area contributed by atoms with Crippen molar-refractivity contribution in [2.75, 3.05) is 0 Å². The van der Waals surface area contributed by atoms with E-state index in [1.807, 2.05) is 0 Å². The molecule has 0 bridgehead atoms. The van der Waals surface area contributed by atoms with Crippen molar-refractivity contribution in [2.24, 2.45) is 0 Å². The summed E-state index contributed by atoms with van der Waals surface area (Å²) in [6.07, 6.45) is -8.80. The lowest BCUT2D eigenvalue weighted by Gasteiger charge is -2.08. The summed E-state index contributed by atoms with van der Waals surface area (Å²) >= 11 is 0. The van der Waals surface area contributed by atoms with Gasteiger partial charge in [-0.2, -0.15) is 17.6 Å². The number of nitrogens with zero attached hydrogens (tertiary/aromatic N) is 2. The molecule has 0 saturated carbocycles. The van der Waals surface area contributed by atoms with Crippen molar-refractivity contribution in [3.63, 3.8) is 0 Å². The first kappa shape index (κ1) is 13.2. The number of hydrogen-bond donors (Lipinski definition) is 0. The molecule has 0 fully saturated rings. The van der Waals surface area contributed by atoms with Gasteiger partial charge in [-0.15, -0.1) is 0 Å². The van der Waals surface area contributed by atoms with E-state index in [0.29, 0.717) is 0 Å². The Morgan fingerprint density at radius 3 is 2.24 bits per heavy atom. The lowest BCUT2D eigenvalue weighted by atomic mass is 10.2. The molecule has 94 valence electrons. The topological polar surface area (TPSA) is 56.0 Å². The van der Waals surface area contributed by atoms with Crippen LogP contribution in [0.4, 0.5) is 32.0 Å². The molecule has 0 amide bonds. The predicted octanol–water partition coefficient (Wildman–Crippen LogP) is 3.09. The van der Waals surface area contributed by atoms with Crippen LogP contribution in [0.3, 0.4) is 0 Å². The smallest absolute Gasteiger partial charge is 0.258 e. The summed E-state index contributed by atoms with van der Waals surface area (Å²) in [7, 11) is 0. The fourth-order valence-corrected chi connectivity index (χ4v) is 0.999. The maximum Gasteiger partial charge on any atom is 0.421 e. The van der Waals surface area contributed by atoms with E-state index in [2.05, 4.69) is 4.98 Å². The summed E-state index contributed by atoms with van der Waals surface area (Å²) in [4.78, 5) is 11.1. The van der Waals surface area contributed by atoms with Gasteiger partial charge in [-0.1, -0.05) is 0 Å². The van der Waals surface area contributed by atoms with Gasteiger partial charge in [0.15, 0.2) is 5.69 Å². The molecule has 0 radical (unpaired) electrons. The SMILES string of the molecule is O=[N+]([O-])c1cc(C(F)(F)F)c(F)nc1C(F)F. The molecule has 1 aromatic heterocycles. The molecule has 0 aliphatic heterocycles. The largest absolute Gasteiger partial charge is 0.421 e. The average molecular weight is 260 g/mol. The lowest BCUT2D eigenvalue weighted by molar-refractivity contribution is -0.387. The fourth-order valence-electron chi connectivity index (χ4n) is 0.999. The minimum absolute atomic E-state index is 0.302. The second-order valence-electron chi connectivity index (χ2n) is 2.79. The Kier molecular flexibility index (Phi) is 3.25. The molecule has 0 aliphatic rings. The Morgan fingerprint density at radius 1 is 1.35 bits per heavy atom. The van der Waals surface area contributed by atoms with Crippen molar-refractivity contribution in [1.82, 2.24) is 4.98 Å². The summed E-state index contributed by atoms with van der Waals surface area (Å²) in [5, 5.41) is 10.3. The number of alkyl halides is 5. The van der Waals surface area contributed by atoms with E-state index in [1.165, 1.54) is 0 Å². The van der Waals surface area contributed by atoms with Gasteiger partial charge in [0, 0.05) is 6.07 Å². The van der Waals surface area contributed by atoms with Gasteiger partial charge in [0.25, 0.3) is 12.1 Å². The van der Waals surface area contributed by atoms with Gasteiger partial charge in [0.2, 0.25) is 5.95 Å². The van der Waals surface area contributed by atoms with Gasteiger partial charge in [-0.05, 0) is 0 Å². The fraction of sp³-hybridized carbons (Fsp3) is 0.286. The molecule has 1 rings (SSSR count). The first-order valence-corrected chi connectivity index (χ1v) is 3.84. The minimum atomic E-state index is -5.25. The molecular formula is C7H2F6N2O2. The quantitative estimate of drug-likeness (QED) is 0.355. The normalized spacial score (nSPS) is 11.9. The van der Waals surface area contributed by atoms with Crippen molar-refractivity contribution >= 4 is 5.69 Å². The third-order valence-electron chi connectivity index (χ3n) is 1.69. The second-order valence-corrected chi connectivity index (χ2v) is 2.79. The van der Waals surface area contributed by atoms with Crippen molar-refractivity contribution < 1.29 is 31.3 Å². The van der Waals surface area contributed by atoms with Gasteiger partial charge in [0.05, 0.1) is 4.92 Å². The molecule has 0 aromatic carbocycles. The summed E-state index contributed by atoms with van der Waals surface area (Å²) in [6.45, 7) is 0. The van der Waals surface area contributed by atoms with E-state index in [1.54, 1.807) is 0 Å². The zero-order chi connectivity index (χ0) is 13.4. The van der Waals surface area contributed by atoms with Gasteiger partial charge >= 0.3 is 6.18 Å². The molecular weight excluding hydrogens is 258 g/mol. The highest BCUT2D eigenvalue weighted by Crippen LogP contribution is 2.36. The molecule has 10 heteroatoms. The highest BCUT2D eigenvalue weighted by Gasteiger charge is 2.39. The number of pyridine rings is 1. The van der Waals surface area contributed by atoms with E-state index in [9.17, 15) is 36.5 Å². The summed E-state index contributed by atoms with van der Waals surface area (Å²) in [5.74, 6) is -2.22. The number of rotatable bonds is 2. The third kappa shape index (κ3) is 2.63. The van der Waals surface area contributed by atoms with Gasteiger partial charge in [-0.25, -0.2) is 13.8 Å². The maximum atomic E-state index is 12.8. The Hall–Kier alpha value is -1.87. The highest BCUT2D eigenvalue weighted by molar-refractivity contribution is 5.40. The van der Waals surface area contributed by atoms with Crippen LogP contribution in [-0.2, 0) is 6.18 Å². The molecule has 1 aromatic rings. The zero-order valence-electron chi connectivity index (χ0n) is 7.63. The van der Waals surface area contributed by atoms with Crippen LogP contribution in [-0.4, -0.2) is 9.91 Å². The second kappa shape index (κ2) is 4.18. The first-order chi connectivity index (χ1) is 7.64. The Bertz CT molecular complexity index is 458. The minimum Gasteiger partial charge on any atom is -0.258 e. The standard InChI is InChI=1S/C7H2F6N2O2/c8-5(9)4-3(15(16)17)1-2(6(10)14-4)7(11,12)13/h1,5H. The van der Waals surface area contributed by atoms with E-state index in [4.69, 9.17) is 0 Å². The number of hydrogen-bond acceptors (Lipinski definition) is 3. The van der Waals surface area contributed by atoms with E-state index in [0.717, 1.165) is 0 Å². The molecule has 17 heavy (non-hydrogen) atoms. The number of halogens is 6. The van der Waals surface area contributed by atoms with Crippen molar-refractivity contribution in [3.05, 3.63) is 33.4 Å². The van der Waals surface area contributed by atoms with Gasteiger partial charge in [-0.3, -0.25) is 10.1 Å².